The van der Waals surface area contributed by atoms with E-state index in [9.17, 15) is 4.79 Å². The van der Waals surface area contributed by atoms with Crippen molar-refractivity contribution in [2.75, 3.05) is 21.3 Å². The molecule has 0 aliphatic rings. The normalized spacial score (nSPS) is 9.79. The standard InChI is InChI=1S/C18H20N2O4/c1-12(16-10-9-15(23-3)11-17(16)24-4)19-20-18(21)13-5-7-14(22-2)8-6-13/h5-11,19H,1H2,2-4H3,(H,20,21). The molecule has 0 radical (unpaired) electrons. The minimum absolute atomic E-state index is 0.286. The number of amides is 1. The van der Waals surface area contributed by atoms with Crippen LogP contribution in [0.5, 0.6) is 17.2 Å². The number of carbonyl (C=O) groups is 1. The fraction of sp³-hybridized carbons (Fsp3) is 0.167. The van der Waals surface area contributed by atoms with E-state index in [0.29, 0.717) is 34.1 Å². The summed E-state index contributed by atoms with van der Waals surface area (Å²) in [5.74, 6) is 1.66. The van der Waals surface area contributed by atoms with Crippen molar-refractivity contribution in [3.8, 4) is 17.2 Å². The van der Waals surface area contributed by atoms with Crippen molar-refractivity contribution in [3.63, 3.8) is 0 Å². The summed E-state index contributed by atoms with van der Waals surface area (Å²) in [5.41, 5.74) is 7.10. The number of carbonyl (C=O) groups excluding carboxylic acids is 1. The van der Waals surface area contributed by atoms with Crippen LogP contribution < -0.4 is 25.1 Å². The van der Waals surface area contributed by atoms with Gasteiger partial charge >= 0.3 is 0 Å². The number of benzene rings is 2. The zero-order valence-electron chi connectivity index (χ0n) is 13.9. The molecule has 2 rings (SSSR count). The van der Waals surface area contributed by atoms with Crippen molar-refractivity contribution >= 4 is 11.6 Å². The average molecular weight is 328 g/mol. The molecule has 1 amide bonds. The molecule has 0 fully saturated rings. The molecule has 24 heavy (non-hydrogen) atoms. The van der Waals surface area contributed by atoms with Crippen LogP contribution >= 0.6 is 0 Å². The molecule has 0 unspecified atom stereocenters. The van der Waals surface area contributed by atoms with Crippen molar-refractivity contribution in [1.29, 1.82) is 0 Å². The first kappa shape index (κ1) is 17.2. The summed E-state index contributed by atoms with van der Waals surface area (Å²) in [5, 5.41) is 0. The molecule has 0 heterocycles. The first-order valence-corrected chi connectivity index (χ1v) is 7.20. The van der Waals surface area contributed by atoms with Gasteiger partial charge in [0.1, 0.15) is 17.2 Å². The fourth-order valence-corrected chi connectivity index (χ4v) is 2.06. The molecule has 0 aliphatic heterocycles. The van der Waals surface area contributed by atoms with E-state index in [2.05, 4.69) is 17.4 Å². The maximum atomic E-state index is 12.1. The zero-order valence-corrected chi connectivity index (χ0v) is 13.9. The Hall–Kier alpha value is -3.15. The summed E-state index contributed by atoms with van der Waals surface area (Å²) in [6.07, 6.45) is 0. The van der Waals surface area contributed by atoms with Gasteiger partial charge in [0.05, 0.1) is 27.0 Å². The van der Waals surface area contributed by atoms with Gasteiger partial charge in [0.2, 0.25) is 0 Å². The van der Waals surface area contributed by atoms with Crippen LogP contribution in [0.4, 0.5) is 0 Å². The first-order chi connectivity index (χ1) is 11.6. The maximum absolute atomic E-state index is 12.1. The van der Waals surface area contributed by atoms with Crippen molar-refractivity contribution in [2.24, 2.45) is 0 Å². The van der Waals surface area contributed by atoms with Crippen molar-refractivity contribution in [2.45, 2.75) is 0 Å². The number of rotatable bonds is 7. The molecule has 6 heteroatoms. The van der Waals surface area contributed by atoms with Crippen molar-refractivity contribution in [3.05, 3.63) is 60.2 Å². The Kier molecular flexibility index (Phi) is 5.68. The summed E-state index contributed by atoms with van der Waals surface area (Å²) in [6.45, 7) is 3.92. The van der Waals surface area contributed by atoms with E-state index in [-0.39, 0.29) is 5.91 Å². The molecule has 0 aromatic heterocycles. The molecule has 6 nitrogen and oxygen atoms in total. The molecule has 126 valence electrons. The van der Waals surface area contributed by atoms with Gasteiger partial charge in [-0.25, -0.2) is 0 Å². The van der Waals surface area contributed by atoms with E-state index < -0.39 is 0 Å². The van der Waals surface area contributed by atoms with Gasteiger partial charge in [0.25, 0.3) is 5.91 Å². The highest BCUT2D eigenvalue weighted by Crippen LogP contribution is 2.28. The predicted octanol–water partition coefficient (Wildman–Crippen LogP) is 2.62. The van der Waals surface area contributed by atoms with Crippen LogP contribution in [0.1, 0.15) is 15.9 Å². The SMILES string of the molecule is C=C(NNC(=O)c1ccc(OC)cc1)c1ccc(OC)cc1OC. The number of hydrogen-bond donors (Lipinski definition) is 2. The number of nitrogens with one attached hydrogen (secondary N) is 2. The smallest absolute Gasteiger partial charge is 0.269 e. The zero-order chi connectivity index (χ0) is 17.5. The highest BCUT2D eigenvalue weighted by atomic mass is 16.5. The molecule has 0 saturated carbocycles. The third-order valence-electron chi connectivity index (χ3n) is 3.41. The van der Waals surface area contributed by atoms with Gasteiger partial charge in [-0.05, 0) is 36.4 Å². The van der Waals surface area contributed by atoms with Gasteiger partial charge in [-0.2, -0.15) is 0 Å². The summed E-state index contributed by atoms with van der Waals surface area (Å²) < 4.78 is 15.5. The van der Waals surface area contributed by atoms with Crippen LogP contribution in [0.15, 0.2) is 49.0 Å². The summed E-state index contributed by atoms with van der Waals surface area (Å²) in [4.78, 5) is 12.1. The number of methoxy groups -OCH3 is 3. The van der Waals surface area contributed by atoms with E-state index in [0.717, 1.165) is 0 Å². The molecule has 0 saturated heterocycles. The maximum Gasteiger partial charge on any atom is 0.269 e. The Morgan fingerprint density at radius 1 is 0.875 bits per heavy atom. The monoisotopic (exact) mass is 328 g/mol. The summed E-state index contributed by atoms with van der Waals surface area (Å²) in [7, 11) is 4.71. The molecule has 0 bridgehead atoms. The molecule has 0 atom stereocenters. The van der Waals surface area contributed by atoms with Crippen LogP contribution in [-0.2, 0) is 0 Å². The lowest BCUT2D eigenvalue weighted by Crippen LogP contribution is -2.35. The predicted molar refractivity (Wildman–Crippen MR) is 92.2 cm³/mol. The van der Waals surface area contributed by atoms with Gasteiger partial charge in [-0.15, -0.1) is 0 Å². The second kappa shape index (κ2) is 7.92. The van der Waals surface area contributed by atoms with Crippen LogP contribution in [0.3, 0.4) is 0 Å². The van der Waals surface area contributed by atoms with E-state index in [4.69, 9.17) is 14.2 Å². The van der Waals surface area contributed by atoms with E-state index in [1.807, 2.05) is 0 Å². The van der Waals surface area contributed by atoms with E-state index >= 15 is 0 Å². The topological polar surface area (TPSA) is 68.8 Å². The number of hydrogen-bond acceptors (Lipinski definition) is 5. The van der Waals surface area contributed by atoms with Crippen LogP contribution in [0.2, 0.25) is 0 Å². The molecule has 0 aliphatic carbocycles. The molecular formula is C18H20N2O4. The van der Waals surface area contributed by atoms with Crippen LogP contribution in [-0.4, -0.2) is 27.2 Å². The highest BCUT2D eigenvalue weighted by molar-refractivity contribution is 5.94. The Morgan fingerprint density at radius 2 is 1.50 bits per heavy atom. The Bertz CT molecular complexity index is 726. The Labute approximate surface area is 141 Å². The lowest BCUT2D eigenvalue weighted by atomic mass is 10.1. The Balaban J connectivity index is 2.03. The molecule has 2 aromatic rings. The first-order valence-electron chi connectivity index (χ1n) is 7.20. The lowest BCUT2D eigenvalue weighted by molar-refractivity contribution is 0.0942. The molecule has 2 aromatic carbocycles. The van der Waals surface area contributed by atoms with Crippen molar-refractivity contribution < 1.29 is 19.0 Å². The quantitative estimate of drug-likeness (QED) is 0.765. The van der Waals surface area contributed by atoms with Gasteiger partial charge < -0.3 is 14.2 Å². The minimum Gasteiger partial charge on any atom is -0.497 e. The van der Waals surface area contributed by atoms with Gasteiger partial charge in [-0.3, -0.25) is 15.6 Å². The number of ether oxygens (including phenoxy) is 3. The largest absolute Gasteiger partial charge is 0.497 e. The van der Waals surface area contributed by atoms with Gasteiger partial charge in [-0.1, -0.05) is 6.58 Å². The molecule has 0 spiro atoms. The van der Waals surface area contributed by atoms with Gasteiger partial charge in [0, 0.05) is 17.2 Å². The Morgan fingerprint density at radius 3 is 2.08 bits per heavy atom. The second-order valence-electron chi connectivity index (χ2n) is 4.85. The van der Waals surface area contributed by atoms with E-state index in [1.165, 1.54) is 0 Å². The molecule has 2 N–H and O–H groups in total. The van der Waals surface area contributed by atoms with Crippen molar-refractivity contribution in [1.82, 2.24) is 10.9 Å². The van der Waals surface area contributed by atoms with Crippen LogP contribution in [0.25, 0.3) is 5.70 Å². The van der Waals surface area contributed by atoms with Gasteiger partial charge in [0.15, 0.2) is 0 Å². The third-order valence-corrected chi connectivity index (χ3v) is 3.41. The summed E-state index contributed by atoms with van der Waals surface area (Å²) >= 11 is 0. The lowest BCUT2D eigenvalue weighted by Gasteiger charge is -2.15. The third kappa shape index (κ3) is 3.98. The molecular weight excluding hydrogens is 308 g/mol. The summed E-state index contributed by atoms with van der Waals surface area (Å²) in [6, 6.07) is 12.1. The van der Waals surface area contributed by atoms with Crippen LogP contribution in [0, 0.1) is 0 Å². The number of hydrazine groups is 1. The second-order valence-corrected chi connectivity index (χ2v) is 4.85. The highest BCUT2D eigenvalue weighted by Gasteiger charge is 2.10. The average Bonchev–Trinajstić information content (AvgIpc) is 2.65. The van der Waals surface area contributed by atoms with E-state index in [1.54, 1.807) is 63.8 Å². The minimum atomic E-state index is -0.286. The fourth-order valence-electron chi connectivity index (χ4n) is 2.06.